The Hall–Kier alpha value is -1.91. The minimum absolute atomic E-state index is 0.270. The van der Waals surface area contributed by atoms with Gasteiger partial charge in [0.1, 0.15) is 0 Å². The predicted molar refractivity (Wildman–Crippen MR) is 79.3 cm³/mol. The van der Waals surface area contributed by atoms with Gasteiger partial charge in [0.2, 0.25) is 0 Å². The van der Waals surface area contributed by atoms with Crippen LogP contribution in [-0.2, 0) is 23.9 Å². The summed E-state index contributed by atoms with van der Waals surface area (Å²) in [6, 6.07) is 0. The lowest BCUT2D eigenvalue weighted by atomic mass is 10.1. The first-order valence-corrected chi connectivity index (χ1v) is 7.09. The second-order valence-corrected chi connectivity index (χ2v) is 5.23. The van der Waals surface area contributed by atoms with Gasteiger partial charge >= 0.3 is 17.9 Å². The molecule has 0 aromatic carbocycles. The molecule has 0 spiro atoms. The van der Waals surface area contributed by atoms with Crippen LogP contribution in [0.15, 0.2) is 24.3 Å². The number of rotatable bonds is 7. The summed E-state index contributed by atoms with van der Waals surface area (Å²) in [6.45, 7) is 10.2. The van der Waals surface area contributed by atoms with Crippen LogP contribution in [0.4, 0.5) is 0 Å². The Balaban J connectivity index is 0.000000471. The van der Waals surface area contributed by atoms with E-state index < -0.39 is 11.9 Å². The maximum atomic E-state index is 11.0. The molecule has 0 bridgehead atoms. The van der Waals surface area contributed by atoms with Gasteiger partial charge in [0.15, 0.2) is 0 Å². The number of ether oxygens (including phenoxy) is 2. The summed E-state index contributed by atoms with van der Waals surface area (Å²) in [5, 5.41) is 0. The van der Waals surface area contributed by atoms with Crippen molar-refractivity contribution in [3.8, 4) is 0 Å². The SMILES string of the molecule is C=C(C)C(=O)OCCCCCC(C)C.O=C1C=CC(=O)O1. The van der Waals surface area contributed by atoms with E-state index in [-0.39, 0.29) is 5.97 Å². The largest absolute Gasteiger partial charge is 0.462 e. The number of esters is 3. The quantitative estimate of drug-likeness (QED) is 0.313. The maximum Gasteiger partial charge on any atom is 0.338 e. The number of hydrogen-bond acceptors (Lipinski definition) is 5. The topological polar surface area (TPSA) is 69.7 Å². The first-order chi connectivity index (χ1) is 9.82. The van der Waals surface area contributed by atoms with Gasteiger partial charge in [-0.1, -0.05) is 39.7 Å². The maximum absolute atomic E-state index is 11.0. The molecule has 0 aromatic rings. The molecule has 1 heterocycles. The van der Waals surface area contributed by atoms with Crippen LogP contribution < -0.4 is 0 Å². The predicted octanol–water partition coefficient (Wildman–Crippen LogP) is 2.95. The van der Waals surface area contributed by atoms with Gasteiger partial charge in [-0.05, 0) is 19.3 Å². The molecule has 5 heteroatoms. The third kappa shape index (κ3) is 11.6. The third-order valence-corrected chi connectivity index (χ3v) is 2.56. The molecule has 1 rings (SSSR count). The number of carbonyl (C=O) groups is 3. The molecule has 0 aliphatic carbocycles. The second-order valence-electron chi connectivity index (χ2n) is 5.23. The molecule has 1 aliphatic heterocycles. The van der Waals surface area contributed by atoms with Crippen LogP contribution in [0.2, 0.25) is 0 Å². The Kier molecular flexibility index (Phi) is 9.84. The van der Waals surface area contributed by atoms with Crippen molar-refractivity contribution in [3.63, 3.8) is 0 Å². The zero-order valence-corrected chi connectivity index (χ0v) is 13.0. The Labute approximate surface area is 126 Å². The zero-order chi connectivity index (χ0) is 16.3. The Morgan fingerprint density at radius 3 is 2.14 bits per heavy atom. The normalized spacial score (nSPS) is 12.8. The lowest BCUT2D eigenvalue weighted by molar-refractivity contribution is -0.150. The van der Waals surface area contributed by atoms with Crippen LogP contribution in [0.3, 0.4) is 0 Å². The Morgan fingerprint density at radius 2 is 1.76 bits per heavy atom. The number of cyclic esters (lactones) is 2. The minimum Gasteiger partial charge on any atom is -0.462 e. The molecule has 0 atom stereocenters. The Morgan fingerprint density at radius 1 is 1.19 bits per heavy atom. The molecular weight excluding hydrogens is 272 g/mol. The van der Waals surface area contributed by atoms with E-state index in [0.29, 0.717) is 12.2 Å². The van der Waals surface area contributed by atoms with Gasteiger partial charge in [0.25, 0.3) is 0 Å². The van der Waals surface area contributed by atoms with Crippen LogP contribution >= 0.6 is 0 Å². The van der Waals surface area contributed by atoms with E-state index in [1.807, 2.05) is 0 Å². The Bertz CT molecular complexity index is 391. The fourth-order valence-corrected chi connectivity index (χ4v) is 1.42. The van der Waals surface area contributed by atoms with Crippen molar-refractivity contribution in [2.75, 3.05) is 6.61 Å². The molecule has 0 unspecified atom stereocenters. The highest BCUT2D eigenvalue weighted by atomic mass is 16.6. The van der Waals surface area contributed by atoms with Gasteiger partial charge in [0.05, 0.1) is 6.61 Å². The van der Waals surface area contributed by atoms with Crippen molar-refractivity contribution < 1.29 is 23.9 Å². The van der Waals surface area contributed by atoms with Crippen molar-refractivity contribution in [2.24, 2.45) is 5.92 Å². The molecule has 0 radical (unpaired) electrons. The van der Waals surface area contributed by atoms with Gasteiger partial charge in [0, 0.05) is 17.7 Å². The van der Waals surface area contributed by atoms with E-state index in [1.165, 1.54) is 12.8 Å². The zero-order valence-electron chi connectivity index (χ0n) is 13.0. The summed E-state index contributed by atoms with van der Waals surface area (Å²) in [5.74, 6) is -0.656. The van der Waals surface area contributed by atoms with Crippen LogP contribution in [-0.4, -0.2) is 24.5 Å². The van der Waals surface area contributed by atoms with Crippen LogP contribution in [0.25, 0.3) is 0 Å². The highest BCUT2D eigenvalue weighted by Crippen LogP contribution is 2.08. The summed E-state index contributed by atoms with van der Waals surface area (Å²) in [6.07, 6.45) is 6.76. The summed E-state index contributed by atoms with van der Waals surface area (Å²) >= 11 is 0. The monoisotopic (exact) mass is 296 g/mol. The second kappa shape index (κ2) is 10.8. The molecule has 0 aromatic heterocycles. The average Bonchev–Trinajstić information content (AvgIpc) is 2.77. The highest BCUT2D eigenvalue weighted by Gasteiger charge is 2.10. The fourth-order valence-electron chi connectivity index (χ4n) is 1.42. The fraction of sp³-hybridized carbons (Fsp3) is 0.562. The first kappa shape index (κ1) is 19.1. The lowest BCUT2D eigenvalue weighted by Gasteiger charge is -2.05. The van der Waals surface area contributed by atoms with Crippen molar-refractivity contribution in [1.29, 1.82) is 0 Å². The summed E-state index contributed by atoms with van der Waals surface area (Å²) in [5.41, 5.74) is 0.479. The van der Waals surface area contributed by atoms with Crippen LogP contribution in [0.1, 0.15) is 46.5 Å². The van der Waals surface area contributed by atoms with Gasteiger partial charge in [-0.25, -0.2) is 14.4 Å². The van der Waals surface area contributed by atoms with E-state index in [4.69, 9.17) is 4.74 Å². The first-order valence-electron chi connectivity index (χ1n) is 7.09. The number of hydrogen-bond donors (Lipinski definition) is 0. The molecule has 5 nitrogen and oxygen atoms in total. The molecule has 0 saturated carbocycles. The third-order valence-electron chi connectivity index (χ3n) is 2.56. The van der Waals surface area contributed by atoms with Crippen molar-refractivity contribution in [2.45, 2.75) is 46.5 Å². The van der Waals surface area contributed by atoms with Crippen molar-refractivity contribution in [1.82, 2.24) is 0 Å². The highest BCUT2D eigenvalue weighted by molar-refractivity contribution is 6.04. The van der Waals surface area contributed by atoms with Gasteiger partial charge < -0.3 is 9.47 Å². The lowest BCUT2D eigenvalue weighted by Crippen LogP contribution is -2.06. The number of carbonyl (C=O) groups excluding carboxylic acids is 3. The molecule has 0 fully saturated rings. The molecular formula is C16H24O5. The molecule has 21 heavy (non-hydrogen) atoms. The smallest absolute Gasteiger partial charge is 0.338 e. The summed E-state index contributed by atoms with van der Waals surface area (Å²) in [4.78, 5) is 30.8. The van der Waals surface area contributed by atoms with Gasteiger partial charge in [-0.2, -0.15) is 0 Å². The van der Waals surface area contributed by atoms with E-state index in [1.54, 1.807) is 6.92 Å². The van der Waals surface area contributed by atoms with E-state index in [9.17, 15) is 14.4 Å². The molecule has 1 aliphatic rings. The molecule has 0 N–H and O–H groups in total. The molecule has 118 valence electrons. The number of unbranched alkanes of at least 4 members (excludes halogenated alkanes) is 2. The standard InChI is InChI=1S/C12H22O2.C4H2O3/c1-10(2)8-6-5-7-9-14-12(13)11(3)4;5-3-1-2-4(6)7-3/h10H,3,5-9H2,1-2,4H3;1-2H. The van der Waals surface area contributed by atoms with Crippen LogP contribution in [0.5, 0.6) is 0 Å². The summed E-state index contributed by atoms with van der Waals surface area (Å²) < 4.78 is 8.94. The van der Waals surface area contributed by atoms with Crippen LogP contribution in [0, 0.1) is 5.92 Å². The van der Waals surface area contributed by atoms with Gasteiger partial charge in [-0.15, -0.1) is 0 Å². The molecule has 0 amide bonds. The van der Waals surface area contributed by atoms with Gasteiger partial charge in [-0.3, -0.25) is 0 Å². The van der Waals surface area contributed by atoms with E-state index in [0.717, 1.165) is 30.9 Å². The minimum atomic E-state index is -0.579. The molecule has 0 saturated heterocycles. The average molecular weight is 296 g/mol. The van der Waals surface area contributed by atoms with Crippen molar-refractivity contribution in [3.05, 3.63) is 24.3 Å². The van der Waals surface area contributed by atoms with Crippen molar-refractivity contribution >= 4 is 17.9 Å². The van der Waals surface area contributed by atoms with E-state index >= 15 is 0 Å². The van der Waals surface area contributed by atoms with E-state index in [2.05, 4.69) is 25.2 Å². The summed E-state index contributed by atoms with van der Waals surface area (Å²) in [7, 11) is 0.